The van der Waals surface area contributed by atoms with E-state index in [0.29, 0.717) is 13.1 Å². The average molecular weight is 436 g/mol. The molecule has 1 fully saturated rings. The largest absolute Gasteiger partial charge is 0.326 e. The lowest BCUT2D eigenvalue weighted by Crippen LogP contribution is -2.40. The van der Waals surface area contributed by atoms with Crippen LogP contribution in [0.4, 0.5) is 10.1 Å². The highest BCUT2D eigenvalue weighted by Crippen LogP contribution is 2.25. The van der Waals surface area contributed by atoms with Gasteiger partial charge in [-0.2, -0.15) is 0 Å². The molecule has 1 unspecified atom stereocenters. The number of nitrogens with one attached hydrogen (secondary N) is 1. The van der Waals surface area contributed by atoms with Crippen LogP contribution in [0.2, 0.25) is 0 Å². The monoisotopic (exact) mass is 435 g/mol. The summed E-state index contributed by atoms with van der Waals surface area (Å²) >= 11 is 1.75. The van der Waals surface area contributed by atoms with Crippen LogP contribution in [-0.2, 0) is 17.1 Å². The molecule has 6 heteroatoms. The number of piperidine rings is 1. The minimum absolute atomic E-state index is 0.0538. The molecule has 4 rings (SSSR count). The highest BCUT2D eigenvalue weighted by atomic mass is 32.2. The van der Waals surface area contributed by atoms with Crippen molar-refractivity contribution in [2.24, 2.45) is 5.92 Å². The van der Waals surface area contributed by atoms with Crippen LogP contribution in [0.3, 0.4) is 0 Å². The number of nitrogens with zero attached hydrogens (tertiary/aromatic N) is 2. The summed E-state index contributed by atoms with van der Waals surface area (Å²) in [4.78, 5) is 20.3. The van der Waals surface area contributed by atoms with Crippen molar-refractivity contribution >= 4 is 23.4 Å². The highest BCUT2D eigenvalue weighted by Gasteiger charge is 2.26. The molecule has 2 aromatic carbocycles. The Morgan fingerprint density at radius 2 is 1.97 bits per heavy atom. The molecule has 1 aliphatic rings. The van der Waals surface area contributed by atoms with E-state index in [1.807, 2.05) is 42.6 Å². The Bertz CT molecular complexity index is 997. The smallest absolute Gasteiger partial charge is 0.228 e. The van der Waals surface area contributed by atoms with Gasteiger partial charge in [0.05, 0.1) is 5.92 Å². The van der Waals surface area contributed by atoms with Gasteiger partial charge in [0.25, 0.3) is 0 Å². The summed E-state index contributed by atoms with van der Waals surface area (Å²) in [5, 5.41) is 3.06. The first kappa shape index (κ1) is 21.5. The number of halogens is 1. The quantitative estimate of drug-likeness (QED) is 0.507. The molecule has 2 heterocycles. The fourth-order valence-electron chi connectivity index (χ4n) is 3.84. The van der Waals surface area contributed by atoms with Crippen molar-refractivity contribution in [2.45, 2.75) is 30.0 Å². The Balaban J connectivity index is 1.28. The van der Waals surface area contributed by atoms with Crippen molar-refractivity contribution in [3.8, 4) is 0 Å². The van der Waals surface area contributed by atoms with Crippen molar-refractivity contribution < 1.29 is 9.18 Å². The summed E-state index contributed by atoms with van der Waals surface area (Å²) < 4.78 is 13.4. The van der Waals surface area contributed by atoms with E-state index in [1.54, 1.807) is 30.1 Å². The molecule has 4 nitrogen and oxygen atoms in total. The molecule has 1 saturated heterocycles. The van der Waals surface area contributed by atoms with E-state index >= 15 is 0 Å². The van der Waals surface area contributed by atoms with Crippen molar-refractivity contribution in [1.82, 2.24) is 9.88 Å². The number of thioether (sulfide) groups is 1. The molecule has 160 valence electrons. The minimum Gasteiger partial charge on any atom is -0.326 e. The Labute approximate surface area is 186 Å². The highest BCUT2D eigenvalue weighted by molar-refractivity contribution is 7.98. The second-order valence-corrected chi connectivity index (χ2v) is 8.92. The van der Waals surface area contributed by atoms with E-state index in [-0.39, 0.29) is 17.6 Å². The summed E-state index contributed by atoms with van der Waals surface area (Å²) in [7, 11) is 0. The lowest BCUT2D eigenvalue weighted by Gasteiger charge is -2.32. The third kappa shape index (κ3) is 6.39. The average Bonchev–Trinajstić information content (AvgIpc) is 2.79. The van der Waals surface area contributed by atoms with E-state index < -0.39 is 0 Å². The molecule has 0 spiro atoms. The van der Waals surface area contributed by atoms with E-state index in [0.717, 1.165) is 41.3 Å². The number of hydrogen-bond acceptors (Lipinski definition) is 4. The van der Waals surface area contributed by atoms with E-state index in [1.165, 1.54) is 11.6 Å². The fraction of sp³-hybridized carbons (Fsp3) is 0.280. The lowest BCUT2D eigenvalue weighted by atomic mass is 9.96. The number of rotatable bonds is 7. The van der Waals surface area contributed by atoms with Crippen molar-refractivity contribution in [2.75, 3.05) is 18.4 Å². The molecule has 1 amide bonds. The van der Waals surface area contributed by atoms with Gasteiger partial charge in [-0.25, -0.2) is 4.39 Å². The summed E-state index contributed by atoms with van der Waals surface area (Å²) in [6.45, 7) is 2.30. The second-order valence-electron chi connectivity index (χ2n) is 7.87. The normalized spacial score (nSPS) is 16.7. The van der Waals surface area contributed by atoms with Gasteiger partial charge in [0.1, 0.15) is 5.82 Å². The lowest BCUT2D eigenvalue weighted by molar-refractivity contribution is -0.121. The SMILES string of the molecule is O=C(Nc1ccc(SCc2cccnc2)cc1)C1CCCN(Cc2cccc(F)c2)C1. The van der Waals surface area contributed by atoms with E-state index in [2.05, 4.69) is 21.3 Å². The summed E-state index contributed by atoms with van der Waals surface area (Å²) in [6, 6.07) is 18.7. The Morgan fingerprint density at radius 3 is 2.74 bits per heavy atom. The number of carbonyl (C=O) groups excluding carboxylic acids is 1. The van der Waals surface area contributed by atoms with Gasteiger partial charge in [0, 0.05) is 41.8 Å². The predicted molar refractivity (Wildman–Crippen MR) is 123 cm³/mol. The van der Waals surface area contributed by atoms with Gasteiger partial charge in [-0.15, -0.1) is 11.8 Å². The first-order valence-corrected chi connectivity index (χ1v) is 11.5. The molecule has 3 aromatic rings. The maximum Gasteiger partial charge on any atom is 0.228 e. The third-order valence-corrected chi connectivity index (χ3v) is 6.50. The number of pyridine rings is 1. The van der Waals surface area contributed by atoms with Gasteiger partial charge in [0.2, 0.25) is 5.91 Å². The van der Waals surface area contributed by atoms with Crippen LogP contribution in [0, 0.1) is 11.7 Å². The second kappa shape index (κ2) is 10.6. The van der Waals surface area contributed by atoms with Crippen LogP contribution in [-0.4, -0.2) is 28.9 Å². The van der Waals surface area contributed by atoms with Gasteiger partial charge < -0.3 is 5.32 Å². The van der Waals surface area contributed by atoms with Crippen LogP contribution in [0.25, 0.3) is 0 Å². The molecule has 1 atom stereocenters. The van der Waals surface area contributed by atoms with Gasteiger partial charge in [-0.05, 0) is 73.0 Å². The molecule has 0 radical (unpaired) electrons. The van der Waals surface area contributed by atoms with Crippen LogP contribution in [0.15, 0.2) is 78.0 Å². The number of amides is 1. The predicted octanol–water partition coefficient (Wildman–Crippen LogP) is 5.36. The molecule has 31 heavy (non-hydrogen) atoms. The van der Waals surface area contributed by atoms with Gasteiger partial charge in [-0.1, -0.05) is 18.2 Å². The molecule has 0 saturated carbocycles. The Kier molecular flexibility index (Phi) is 7.33. The maximum absolute atomic E-state index is 13.4. The molecule has 1 N–H and O–H groups in total. The number of carbonyl (C=O) groups is 1. The topological polar surface area (TPSA) is 45.2 Å². The zero-order valence-electron chi connectivity index (χ0n) is 17.3. The maximum atomic E-state index is 13.4. The zero-order chi connectivity index (χ0) is 21.5. The number of anilines is 1. The van der Waals surface area contributed by atoms with Gasteiger partial charge in [0.15, 0.2) is 0 Å². The van der Waals surface area contributed by atoms with Crippen molar-refractivity contribution in [3.05, 3.63) is 90.0 Å². The zero-order valence-corrected chi connectivity index (χ0v) is 18.2. The Morgan fingerprint density at radius 1 is 1.13 bits per heavy atom. The third-order valence-electron chi connectivity index (χ3n) is 5.42. The van der Waals surface area contributed by atoms with E-state index in [9.17, 15) is 9.18 Å². The van der Waals surface area contributed by atoms with Crippen molar-refractivity contribution in [1.29, 1.82) is 0 Å². The molecule has 1 aromatic heterocycles. The number of likely N-dealkylation sites (tertiary alicyclic amines) is 1. The van der Waals surface area contributed by atoms with Crippen LogP contribution >= 0.6 is 11.8 Å². The number of benzene rings is 2. The first-order chi connectivity index (χ1) is 15.2. The molecular formula is C25H26FN3OS. The summed E-state index contributed by atoms with van der Waals surface area (Å²) in [5.74, 6) is 0.649. The number of aromatic nitrogens is 1. The van der Waals surface area contributed by atoms with Crippen LogP contribution in [0.1, 0.15) is 24.0 Å². The minimum atomic E-state index is -0.217. The Hall–Kier alpha value is -2.70. The first-order valence-electron chi connectivity index (χ1n) is 10.6. The van der Waals surface area contributed by atoms with Crippen LogP contribution < -0.4 is 5.32 Å². The van der Waals surface area contributed by atoms with Crippen LogP contribution in [0.5, 0.6) is 0 Å². The summed E-state index contributed by atoms with van der Waals surface area (Å²) in [6.07, 6.45) is 5.50. The fourth-order valence-corrected chi connectivity index (χ4v) is 4.67. The van der Waals surface area contributed by atoms with Gasteiger partial charge in [-0.3, -0.25) is 14.7 Å². The summed E-state index contributed by atoms with van der Waals surface area (Å²) in [5.41, 5.74) is 2.95. The molecular weight excluding hydrogens is 409 g/mol. The van der Waals surface area contributed by atoms with Crippen molar-refractivity contribution in [3.63, 3.8) is 0 Å². The standard InChI is InChI=1S/C25H26FN3OS/c26-22-7-1-4-19(14-22)16-29-13-3-6-21(17-29)25(30)28-23-8-10-24(11-9-23)31-18-20-5-2-12-27-15-20/h1-2,4-5,7-12,14-15,21H,3,6,13,16-18H2,(H,28,30). The molecule has 0 aliphatic carbocycles. The number of hydrogen-bond donors (Lipinski definition) is 1. The molecule has 1 aliphatic heterocycles. The van der Waals surface area contributed by atoms with E-state index in [4.69, 9.17) is 0 Å². The molecule has 0 bridgehead atoms. The van der Waals surface area contributed by atoms with Gasteiger partial charge >= 0.3 is 0 Å².